The van der Waals surface area contributed by atoms with Crippen molar-refractivity contribution in [3.8, 4) is 5.75 Å². The minimum Gasteiger partial charge on any atom is -0.493 e. The Bertz CT molecular complexity index is 369. The van der Waals surface area contributed by atoms with E-state index in [0.29, 0.717) is 5.75 Å². The normalized spacial score (nSPS) is 11.2. The molecule has 0 aliphatic carbocycles. The second-order valence-corrected chi connectivity index (χ2v) is 4.15. The van der Waals surface area contributed by atoms with Gasteiger partial charge in [-0.15, -0.1) is 0 Å². The summed E-state index contributed by atoms with van der Waals surface area (Å²) in [6.07, 6.45) is 0.268. The third kappa shape index (κ3) is 4.29. The maximum atomic E-state index is 13.1. The summed E-state index contributed by atoms with van der Waals surface area (Å²) in [4.78, 5) is 10.7. The molecule has 3 nitrogen and oxygen atoms in total. The van der Waals surface area contributed by atoms with Crippen molar-refractivity contribution in [2.45, 2.75) is 25.9 Å². The van der Waals surface area contributed by atoms with Gasteiger partial charge in [0, 0.05) is 6.42 Å². The Balaban J connectivity index is 2.55. The fraction of sp³-hybridized carbons (Fsp3) is 0.417. The lowest BCUT2D eigenvalue weighted by Crippen LogP contribution is -2.16. The second kappa shape index (κ2) is 4.96. The van der Waals surface area contributed by atoms with E-state index in [-0.39, 0.29) is 18.6 Å². The Morgan fingerprint density at radius 2 is 2.19 bits per heavy atom. The highest BCUT2D eigenvalue weighted by molar-refractivity contribution is 5.87. The molecule has 1 N–H and O–H groups in total. The number of halogens is 1. The van der Waals surface area contributed by atoms with Crippen LogP contribution in [-0.4, -0.2) is 23.4 Å². The van der Waals surface area contributed by atoms with Crippen molar-refractivity contribution < 1.29 is 19.0 Å². The zero-order chi connectivity index (χ0) is 12.2. The monoisotopic (exact) mass is 226 g/mol. The van der Waals surface area contributed by atoms with Gasteiger partial charge in [0.2, 0.25) is 0 Å². The molecule has 0 atom stereocenters. The predicted octanol–water partition coefficient (Wildman–Crippen LogP) is 2.90. The highest BCUT2D eigenvalue weighted by atomic mass is 19.1. The van der Waals surface area contributed by atoms with E-state index in [0.717, 1.165) is 0 Å². The summed E-state index contributed by atoms with van der Waals surface area (Å²) in [5, 5.41) is 8.75. The molecular weight excluding hydrogens is 211 g/mol. The van der Waals surface area contributed by atoms with Crippen molar-refractivity contribution in [3.05, 3.63) is 29.8 Å². The summed E-state index contributed by atoms with van der Waals surface area (Å²) in [7, 11) is 0. The van der Waals surface area contributed by atoms with E-state index in [1.165, 1.54) is 26.0 Å². The highest BCUT2D eigenvalue weighted by Gasteiger charge is 2.15. The molecule has 0 unspecified atom stereocenters. The van der Waals surface area contributed by atoms with Gasteiger partial charge in [-0.3, -0.25) is 0 Å². The van der Waals surface area contributed by atoms with Crippen molar-refractivity contribution in [3.63, 3.8) is 0 Å². The van der Waals surface area contributed by atoms with E-state index in [4.69, 9.17) is 9.84 Å². The summed E-state index contributed by atoms with van der Waals surface area (Å²) in [5.41, 5.74) is -1.11. The first-order chi connectivity index (χ1) is 7.38. The number of carbonyl (C=O) groups is 1. The SMILES string of the molecule is CC(C)(F)CCOc1cccc(C(=O)O)c1. The molecule has 16 heavy (non-hydrogen) atoms. The van der Waals surface area contributed by atoms with Gasteiger partial charge in [0.15, 0.2) is 0 Å². The highest BCUT2D eigenvalue weighted by Crippen LogP contribution is 2.17. The molecule has 0 aliphatic heterocycles. The van der Waals surface area contributed by atoms with Crippen LogP contribution in [0.4, 0.5) is 4.39 Å². The average Bonchev–Trinajstić information content (AvgIpc) is 2.16. The van der Waals surface area contributed by atoms with E-state index in [1.807, 2.05) is 0 Å². The maximum absolute atomic E-state index is 13.1. The van der Waals surface area contributed by atoms with Gasteiger partial charge in [-0.1, -0.05) is 6.07 Å². The number of alkyl halides is 1. The fourth-order valence-corrected chi connectivity index (χ4v) is 1.13. The van der Waals surface area contributed by atoms with Gasteiger partial charge in [0.1, 0.15) is 11.4 Å². The first-order valence-corrected chi connectivity index (χ1v) is 5.03. The fourth-order valence-electron chi connectivity index (χ4n) is 1.13. The van der Waals surface area contributed by atoms with Crippen molar-refractivity contribution >= 4 is 5.97 Å². The zero-order valence-corrected chi connectivity index (χ0v) is 9.37. The van der Waals surface area contributed by atoms with Crippen LogP contribution in [0.3, 0.4) is 0 Å². The molecule has 0 aromatic heterocycles. The molecule has 0 radical (unpaired) electrons. The molecular formula is C12H15FO3. The Hall–Kier alpha value is -1.58. The first kappa shape index (κ1) is 12.5. The lowest BCUT2D eigenvalue weighted by atomic mass is 10.1. The van der Waals surface area contributed by atoms with Crippen LogP contribution in [0.1, 0.15) is 30.6 Å². The van der Waals surface area contributed by atoms with Gasteiger partial charge in [-0.05, 0) is 32.0 Å². The molecule has 0 bridgehead atoms. The van der Waals surface area contributed by atoms with Crippen LogP contribution in [0, 0.1) is 0 Å². The van der Waals surface area contributed by atoms with E-state index in [1.54, 1.807) is 12.1 Å². The number of benzene rings is 1. The van der Waals surface area contributed by atoms with Gasteiger partial charge < -0.3 is 9.84 Å². The van der Waals surface area contributed by atoms with E-state index in [9.17, 15) is 9.18 Å². The number of hydrogen-bond donors (Lipinski definition) is 1. The van der Waals surface area contributed by atoms with Crippen molar-refractivity contribution in [2.24, 2.45) is 0 Å². The Labute approximate surface area is 93.9 Å². The number of rotatable bonds is 5. The molecule has 0 spiro atoms. The predicted molar refractivity (Wildman–Crippen MR) is 58.7 cm³/mol. The van der Waals surface area contributed by atoms with Gasteiger partial charge in [-0.2, -0.15) is 0 Å². The first-order valence-electron chi connectivity index (χ1n) is 5.03. The summed E-state index contributed by atoms with van der Waals surface area (Å²) in [6, 6.07) is 6.15. The molecule has 0 heterocycles. The largest absolute Gasteiger partial charge is 0.493 e. The van der Waals surface area contributed by atoms with Crippen LogP contribution in [0.25, 0.3) is 0 Å². The Kier molecular flexibility index (Phi) is 3.88. The summed E-state index contributed by atoms with van der Waals surface area (Å²) < 4.78 is 18.4. The number of hydrogen-bond acceptors (Lipinski definition) is 2. The van der Waals surface area contributed by atoms with Crippen LogP contribution < -0.4 is 4.74 Å². The topological polar surface area (TPSA) is 46.5 Å². The minimum absolute atomic E-state index is 0.164. The minimum atomic E-state index is -1.27. The molecule has 1 rings (SSSR count). The van der Waals surface area contributed by atoms with Crippen LogP contribution in [0.5, 0.6) is 5.75 Å². The molecule has 1 aromatic carbocycles. The summed E-state index contributed by atoms with van der Waals surface area (Å²) in [5.74, 6) is -0.555. The molecule has 0 amide bonds. The van der Waals surface area contributed by atoms with Gasteiger partial charge >= 0.3 is 5.97 Å². The quantitative estimate of drug-likeness (QED) is 0.839. The van der Waals surface area contributed by atoms with E-state index < -0.39 is 11.6 Å². The molecule has 0 saturated heterocycles. The molecule has 0 aliphatic rings. The van der Waals surface area contributed by atoms with Crippen LogP contribution in [-0.2, 0) is 0 Å². The van der Waals surface area contributed by atoms with Gasteiger partial charge in [0.25, 0.3) is 0 Å². The number of aromatic carboxylic acids is 1. The number of ether oxygens (including phenoxy) is 1. The lowest BCUT2D eigenvalue weighted by Gasteiger charge is -2.14. The molecule has 0 saturated carbocycles. The third-order valence-electron chi connectivity index (χ3n) is 2.05. The van der Waals surface area contributed by atoms with Crippen LogP contribution in [0.2, 0.25) is 0 Å². The van der Waals surface area contributed by atoms with Crippen molar-refractivity contribution in [2.75, 3.05) is 6.61 Å². The Morgan fingerprint density at radius 1 is 1.50 bits per heavy atom. The second-order valence-electron chi connectivity index (χ2n) is 4.15. The van der Waals surface area contributed by atoms with Crippen molar-refractivity contribution in [1.29, 1.82) is 0 Å². The average molecular weight is 226 g/mol. The van der Waals surface area contributed by atoms with Crippen LogP contribution >= 0.6 is 0 Å². The van der Waals surface area contributed by atoms with Gasteiger partial charge in [0.05, 0.1) is 12.2 Å². The van der Waals surface area contributed by atoms with Crippen LogP contribution in [0.15, 0.2) is 24.3 Å². The van der Waals surface area contributed by atoms with E-state index in [2.05, 4.69) is 0 Å². The standard InChI is InChI=1S/C12H15FO3/c1-12(2,13)6-7-16-10-5-3-4-9(8-10)11(14)15/h3-5,8H,6-7H2,1-2H3,(H,14,15). The smallest absolute Gasteiger partial charge is 0.335 e. The van der Waals surface area contributed by atoms with E-state index >= 15 is 0 Å². The molecule has 0 fully saturated rings. The lowest BCUT2D eigenvalue weighted by molar-refractivity contribution is 0.0696. The summed E-state index contributed by atoms with van der Waals surface area (Å²) >= 11 is 0. The third-order valence-corrected chi connectivity index (χ3v) is 2.05. The van der Waals surface area contributed by atoms with Gasteiger partial charge in [-0.25, -0.2) is 9.18 Å². The summed E-state index contributed by atoms with van der Waals surface area (Å²) in [6.45, 7) is 3.18. The molecule has 88 valence electrons. The van der Waals surface area contributed by atoms with Crippen molar-refractivity contribution in [1.82, 2.24) is 0 Å². The maximum Gasteiger partial charge on any atom is 0.335 e. The Morgan fingerprint density at radius 3 is 2.75 bits per heavy atom. The number of carboxylic acid groups (broad SMARTS) is 1. The molecule has 4 heteroatoms. The molecule has 1 aromatic rings. The zero-order valence-electron chi connectivity index (χ0n) is 9.37. The number of carboxylic acids is 1.